The molecule has 0 spiro atoms. The molecule has 4 rings (SSSR count). The average Bonchev–Trinajstić information content (AvgIpc) is 3.25. The van der Waals surface area contributed by atoms with E-state index in [4.69, 9.17) is 4.42 Å². The zero-order valence-corrected chi connectivity index (χ0v) is 16.0. The van der Waals surface area contributed by atoms with E-state index >= 15 is 0 Å². The highest BCUT2D eigenvalue weighted by atomic mass is 16.3. The van der Waals surface area contributed by atoms with Gasteiger partial charge in [-0.1, -0.05) is 48.0 Å². The van der Waals surface area contributed by atoms with Crippen LogP contribution in [0.25, 0.3) is 11.5 Å². The van der Waals surface area contributed by atoms with Gasteiger partial charge in [0.25, 0.3) is 11.8 Å². The molecule has 1 aliphatic rings. The molecule has 6 nitrogen and oxygen atoms in total. The number of amides is 2. The van der Waals surface area contributed by atoms with Crippen LogP contribution in [0.3, 0.4) is 0 Å². The predicted octanol–water partition coefficient (Wildman–Crippen LogP) is 3.46. The molecule has 1 atom stereocenters. The van der Waals surface area contributed by atoms with Crippen molar-refractivity contribution < 1.29 is 14.0 Å². The first-order valence-electron chi connectivity index (χ1n) is 9.44. The quantitative estimate of drug-likeness (QED) is 0.696. The number of nitrogens with one attached hydrogen (secondary N) is 1. The first-order chi connectivity index (χ1) is 14.1. The third-order valence-corrected chi connectivity index (χ3v) is 4.77. The van der Waals surface area contributed by atoms with Crippen LogP contribution in [0.15, 0.2) is 77.4 Å². The van der Waals surface area contributed by atoms with E-state index in [-0.39, 0.29) is 23.6 Å². The van der Waals surface area contributed by atoms with E-state index < -0.39 is 0 Å². The average molecular weight is 387 g/mol. The van der Waals surface area contributed by atoms with Gasteiger partial charge in [0.15, 0.2) is 5.69 Å². The fourth-order valence-electron chi connectivity index (χ4n) is 3.19. The monoisotopic (exact) mass is 387 g/mol. The Kier molecular flexibility index (Phi) is 5.24. The Morgan fingerprint density at radius 1 is 1.10 bits per heavy atom. The fourth-order valence-corrected chi connectivity index (χ4v) is 3.19. The molecule has 0 radical (unpaired) electrons. The summed E-state index contributed by atoms with van der Waals surface area (Å²) in [5, 5.41) is 2.96. The molecule has 1 unspecified atom stereocenters. The summed E-state index contributed by atoms with van der Waals surface area (Å²) in [7, 11) is 0. The van der Waals surface area contributed by atoms with Gasteiger partial charge in [-0.25, -0.2) is 4.98 Å². The van der Waals surface area contributed by atoms with Crippen LogP contribution in [-0.4, -0.2) is 40.8 Å². The van der Waals surface area contributed by atoms with Gasteiger partial charge in [0.2, 0.25) is 5.89 Å². The lowest BCUT2D eigenvalue weighted by Gasteiger charge is -2.28. The van der Waals surface area contributed by atoms with E-state index in [9.17, 15) is 9.59 Å². The van der Waals surface area contributed by atoms with E-state index in [0.717, 1.165) is 11.1 Å². The highest BCUT2D eigenvalue weighted by Gasteiger charge is 2.25. The van der Waals surface area contributed by atoms with Crippen molar-refractivity contribution in [2.75, 3.05) is 13.1 Å². The van der Waals surface area contributed by atoms with E-state index in [2.05, 4.69) is 10.3 Å². The number of carbonyl (C=O) groups excluding carboxylic acids is 2. The third kappa shape index (κ3) is 4.27. The SMILES string of the molecule is Cc1ccc(C(=O)NC2C=CCN(C(=O)c3coc(-c4ccccc4)n3)C2)cc1. The Bertz CT molecular complexity index is 1040. The van der Waals surface area contributed by atoms with Crippen LogP contribution in [0.2, 0.25) is 0 Å². The van der Waals surface area contributed by atoms with Gasteiger partial charge in [-0.2, -0.15) is 0 Å². The minimum atomic E-state index is -0.262. The number of carbonyl (C=O) groups is 2. The molecule has 1 aromatic heterocycles. The van der Waals surface area contributed by atoms with Gasteiger partial charge in [0.1, 0.15) is 6.26 Å². The summed E-state index contributed by atoms with van der Waals surface area (Å²) in [4.78, 5) is 31.3. The Balaban J connectivity index is 1.42. The molecule has 0 aliphatic carbocycles. The number of oxazole rings is 1. The molecule has 29 heavy (non-hydrogen) atoms. The molecule has 0 saturated heterocycles. The lowest BCUT2D eigenvalue weighted by atomic mass is 10.1. The molecule has 1 aliphatic heterocycles. The number of aromatic nitrogens is 1. The molecule has 2 amide bonds. The summed E-state index contributed by atoms with van der Waals surface area (Å²) in [5.74, 6) is 0.0161. The second-order valence-electron chi connectivity index (χ2n) is 6.99. The summed E-state index contributed by atoms with van der Waals surface area (Å²) in [6, 6.07) is 16.6. The summed E-state index contributed by atoms with van der Waals surface area (Å²) in [6.45, 7) is 2.81. The van der Waals surface area contributed by atoms with Crippen molar-refractivity contribution in [2.45, 2.75) is 13.0 Å². The lowest BCUT2D eigenvalue weighted by Crippen LogP contribution is -2.47. The predicted molar refractivity (Wildman–Crippen MR) is 109 cm³/mol. The molecule has 2 aromatic carbocycles. The van der Waals surface area contributed by atoms with Crippen molar-refractivity contribution in [3.63, 3.8) is 0 Å². The van der Waals surface area contributed by atoms with E-state index in [1.165, 1.54) is 6.26 Å². The lowest BCUT2D eigenvalue weighted by molar-refractivity contribution is 0.0739. The van der Waals surface area contributed by atoms with Crippen LogP contribution in [0, 0.1) is 6.92 Å². The van der Waals surface area contributed by atoms with Gasteiger partial charge >= 0.3 is 0 Å². The fraction of sp³-hybridized carbons (Fsp3) is 0.174. The first-order valence-corrected chi connectivity index (χ1v) is 9.44. The first kappa shape index (κ1) is 18.7. The van der Waals surface area contributed by atoms with Crippen LogP contribution in [0.4, 0.5) is 0 Å². The normalized spacial score (nSPS) is 15.9. The maximum atomic E-state index is 12.8. The smallest absolute Gasteiger partial charge is 0.276 e. The van der Waals surface area contributed by atoms with Crippen molar-refractivity contribution in [1.82, 2.24) is 15.2 Å². The van der Waals surface area contributed by atoms with Crippen molar-refractivity contribution in [3.8, 4) is 11.5 Å². The number of hydrogen-bond donors (Lipinski definition) is 1. The Labute approximate surface area is 168 Å². The van der Waals surface area contributed by atoms with E-state index in [0.29, 0.717) is 24.5 Å². The van der Waals surface area contributed by atoms with Crippen molar-refractivity contribution in [2.24, 2.45) is 0 Å². The topological polar surface area (TPSA) is 75.4 Å². The Morgan fingerprint density at radius 2 is 1.86 bits per heavy atom. The summed E-state index contributed by atoms with van der Waals surface area (Å²) in [5.41, 5.74) is 2.76. The molecule has 0 fully saturated rings. The van der Waals surface area contributed by atoms with E-state index in [1.807, 2.05) is 61.5 Å². The van der Waals surface area contributed by atoms with E-state index in [1.54, 1.807) is 17.0 Å². The summed E-state index contributed by atoms with van der Waals surface area (Å²) in [6.07, 6.45) is 5.16. The highest BCUT2D eigenvalue weighted by molar-refractivity contribution is 5.95. The number of aryl methyl sites for hydroxylation is 1. The zero-order valence-electron chi connectivity index (χ0n) is 16.0. The number of hydrogen-bond acceptors (Lipinski definition) is 4. The Hall–Kier alpha value is -3.67. The standard InChI is InChI=1S/C23H21N3O3/c1-16-9-11-17(12-10-16)21(27)24-19-8-5-13-26(14-19)23(28)20-15-29-22(25-20)18-6-3-2-4-7-18/h2-12,15,19H,13-14H2,1H3,(H,24,27). The summed E-state index contributed by atoms with van der Waals surface area (Å²) < 4.78 is 5.48. The van der Waals surface area contributed by atoms with Crippen LogP contribution >= 0.6 is 0 Å². The molecule has 1 N–H and O–H groups in total. The van der Waals surface area contributed by atoms with Crippen LogP contribution < -0.4 is 5.32 Å². The molecule has 0 saturated carbocycles. The van der Waals surface area contributed by atoms with Crippen LogP contribution in [0.5, 0.6) is 0 Å². The molecular formula is C23H21N3O3. The van der Waals surface area contributed by atoms with Gasteiger partial charge in [-0.3, -0.25) is 9.59 Å². The largest absolute Gasteiger partial charge is 0.444 e. The van der Waals surface area contributed by atoms with Crippen molar-refractivity contribution in [1.29, 1.82) is 0 Å². The number of benzene rings is 2. The number of rotatable bonds is 4. The summed E-state index contributed by atoms with van der Waals surface area (Å²) >= 11 is 0. The molecule has 146 valence electrons. The minimum absolute atomic E-state index is 0.165. The molecular weight excluding hydrogens is 366 g/mol. The van der Waals surface area contributed by atoms with Gasteiger partial charge in [0.05, 0.1) is 6.04 Å². The minimum Gasteiger partial charge on any atom is -0.444 e. The van der Waals surface area contributed by atoms with Gasteiger partial charge in [0, 0.05) is 24.2 Å². The highest BCUT2D eigenvalue weighted by Crippen LogP contribution is 2.19. The van der Waals surface area contributed by atoms with Gasteiger partial charge < -0.3 is 14.6 Å². The van der Waals surface area contributed by atoms with Gasteiger partial charge in [-0.05, 0) is 31.2 Å². The third-order valence-electron chi connectivity index (χ3n) is 4.77. The molecule has 2 heterocycles. The molecule has 6 heteroatoms. The van der Waals surface area contributed by atoms with Crippen LogP contribution in [-0.2, 0) is 0 Å². The second-order valence-corrected chi connectivity index (χ2v) is 6.99. The zero-order chi connectivity index (χ0) is 20.2. The second kappa shape index (κ2) is 8.14. The number of nitrogens with zero attached hydrogens (tertiary/aromatic N) is 2. The maximum absolute atomic E-state index is 12.8. The van der Waals surface area contributed by atoms with Crippen molar-refractivity contribution >= 4 is 11.8 Å². The van der Waals surface area contributed by atoms with Crippen molar-refractivity contribution in [3.05, 3.63) is 89.8 Å². The maximum Gasteiger partial charge on any atom is 0.276 e. The molecule has 0 bridgehead atoms. The van der Waals surface area contributed by atoms with Gasteiger partial charge in [-0.15, -0.1) is 0 Å². The Morgan fingerprint density at radius 3 is 2.62 bits per heavy atom. The molecule has 3 aromatic rings. The van der Waals surface area contributed by atoms with Crippen LogP contribution in [0.1, 0.15) is 26.4 Å².